The van der Waals surface area contributed by atoms with Gasteiger partial charge in [-0.1, -0.05) is 0 Å². The summed E-state index contributed by atoms with van der Waals surface area (Å²) in [4.78, 5) is 0. The van der Waals surface area contributed by atoms with Gasteiger partial charge in [0.1, 0.15) is 11.6 Å². The average molecular weight is 320 g/mol. The SMILES string of the molecule is CNC(c1c(F)ccc(Br)c1F)C1CCCOC1. The van der Waals surface area contributed by atoms with E-state index >= 15 is 0 Å². The molecule has 18 heavy (non-hydrogen) atoms. The third kappa shape index (κ3) is 2.73. The molecule has 0 aromatic heterocycles. The summed E-state index contributed by atoms with van der Waals surface area (Å²) in [5.74, 6) is -0.942. The number of hydrogen-bond acceptors (Lipinski definition) is 2. The second kappa shape index (κ2) is 6.08. The molecule has 2 atom stereocenters. The zero-order chi connectivity index (χ0) is 13.1. The van der Waals surface area contributed by atoms with E-state index in [4.69, 9.17) is 4.74 Å². The van der Waals surface area contributed by atoms with E-state index in [1.54, 1.807) is 7.05 Å². The first kappa shape index (κ1) is 13.9. The van der Waals surface area contributed by atoms with Gasteiger partial charge in [-0.15, -0.1) is 0 Å². The minimum Gasteiger partial charge on any atom is -0.381 e. The number of hydrogen-bond donors (Lipinski definition) is 1. The maximum atomic E-state index is 14.1. The summed E-state index contributed by atoms with van der Waals surface area (Å²) in [6.07, 6.45) is 1.84. The van der Waals surface area contributed by atoms with Crippen molar-refractivity contribution in [3.63, 3.8) is 0 Å². The Balaban J connectivity index is 2.34. The summed E-state index contributed by atoms with van der Waals surface area (Å²) in [6.45, 7) is 1.27. The number of halogens is 3. The lowest BCUT2D eigenvalue weighted by Gasteiger charge is -2.30. The summed E-state index contributed by atoms with van der Waals surface area (Å²) in [5, 5.41) is 3.02. The molecule has 5 heteroatoms. The molecule has 0 saturated carbocycles. The molecular formula is C13H16BrF2NO. The van der Waals surface area contributed by atoms with Crippen LogP contribution in [0.1, 0.15) is 24.4 Å². The molecule has 1 aromatic rings. The second-order valence-electron chi connectivity index (χ2n) is 4.50. The Bertz CT molecular complexity index is 422. The molecule has 0 spiro atoms. The van der Waals surface area contributed by atoms with Crippen molar-refractivity contribution < 1.29 is 13.5 Å². The Kier molecular flexibility index (Phi) is 4.70. The van der Waals surface area contributed by atoms with E-state index in [0.717, 1.165) is 19.4 Å². The van der Waals surface area contributed by atoms with Crippen LogP contribution in [-0.4, -0.2) is 20.3 Å². The van der Waals surface area contributed by atoms with E-state index in [1.807, 2.05) is 0 Å². The van der Waals surface area contributed by atoms with Gasteiger partial charge in [0, 0.05) is 24.1 Å². The first-order valence-corrected chi connectivity index (χ1v) is 6.83. The smallest absolute Gasteiger partial charge is 0.145 e. The summed E-state index contributed by atoms with van der Waals surface area (Å²) in [6, 6.07) is 2.32. The van der Waals surface area contributed by atoms with Crippen molar-refractivity contribution in [2.75, 3.05) is 20.3 Å². The monoisotopic (exact) mass is 319 g/mol. The van der Waals surface area contributed by atoms with Crippen LogP contribution >= 0.6 is 15.9 Å². The number of nitrogens with one attached hydrogen (secondary N) is 1. The van der Waals surface area contributed by atoms with Crippen molar-refractivity contribution in [1.82, 2.24) is 5.32 Å². The first-order chi connectivity index (χ1) is 8.65. The summed E-state index contributed by atoms with van der Waals surface area (Å²) in [5.41, 5.74) is 0.0994. The molecule has 1 heterocycles. The fraction of sp³-hybridized carbons (Fsp3) is 0.538. The quantitative estimate of drug-likeness (QED) is 0.862. The molecular weight excluding hydrogens is 304 g/mol. The zero-order valence-electron chi connectivity index (χ0n) is 10.2. The predicted octanol–water partition coefficient (Wildman–Crippen LogP) is 3.41. The fourth-order valence-electron chi connectivity index (χ4n) is 2.47. The summed E-state index contributed by atoms with van der Waals surface area (Å²) < 4.78 is 33.7. The van der Waals surface area contributed by atoms with E-state index in [0.29, 0.717) is 6.61 Å². The van der Waals surface area contributed by atoms with Crippen LogP contribution < -0.4 is 5.32 Å². The topological polar surface area (TPSA) is 21.3 Å². The summed E-state index contributed by atoms with van der Waals surface area (Å²) >= 11 is 3.10. The average Bonchev–Trinajstić information content (AvgIpc) is 2.40. The van der Waals surface area contributed by atoms with E-state index in [9.17, 15) is 8.78 Å². The van der Waals surface area contributed by atoms with Gasteiger partial charge in [0.2, 0.25) is 0 Å². The van der Waals surface area contributed by atoms with Crippen molar-refractivity contribution in [1.29, 1.82) is 0 Å². The van der Waals surface area contributed by atoms with Crippen LogP contribution in [0, 0.1) is 17.6 Å². The highest BCUT2D eigenvalue weighted by atomic mass is 79.9. The number of rotatable bonds is 3. The third-order valence-corrected chi connectivity index (χ3v) is 3.98. The van der Waals surface area contributed by atoms with Crippen LogP contribution in [0.2, 0.25) is 0 Å². The lowest BCUT2D eigenvalue weighted by Crippen LogP contribution is -2.32. The fourth-order valence-corrected chi connectivity index (χ4v) is 2.82. The normalized spacial score (nSPS) is 21.9. The van der Waals surface area contributed by atoms with Crippen LogP contribution in [0.15, 0.2) is 16.6 Å². The third-order valence-electron chi connectivity index (χ3n) is 3.37. The largest absolute Gasteiger partial charge is 0.381 e. The predicted molar refractivity (Wildman–Crippen MR) is 69.4 cm³/mol. The van der Waals surface area contributed by atoms with Gasteiger partial charge >= 0.3 is 0 Å². The van der Waals surface area contributed by atoms with Crippen LogP contribution in [0.3, 0.4) is 0 Å². The molecule has 2 nitrogen and oxygen atoms in total. The highest BCUT2D eigenvalue weighted by Crippen LogP contribution is 2.34. The molecule has 2 rings (SSSR count). The van der Waals surface area contributed by atoms with Gasteiger partial charge in [0.15, 0.2) is 0 Å². The molecule has 0 aliphatic carbocycles. The molecule has 1 aromatic carbocycles. The molecule has 0 bridgehead atoms. The van der Waals surface area contributed by atoms with Crippen molar-refractivity contribution in [3.05, 3.63) is 33.8 Å². The Morgan fingerprint density at radius 3 is 2.83 bits per heavy atom. The van der Waals surface area contributed by atoms with Crippen molar-refractivity contribution in [2.45, 2.75) is 18.9 Å². The lowest BCUT2D eigenvalue weighted by atomic mass is 9.88. The zero-order valence-corrected chi connectivity index (χ0v) is 11.8. The van der Waals surface area contributed by atoms with E-state index in [2.05, 4.69) is 21.2 Å². The molecule has 1 aliphatic heterocycles. The maximum absolute atomic E-state index is 14.1. The Morgan fingerprint density at radius 2 is 2.22 bits per heavy atom. The maximum Gasteiger partial charge on any atom is 0.145 e. The van der Waals surface area contributed by atoms with Gasteiger partial charge in [-0.3, -0.25) is 0 Å². The van der Waals surface area contributed by atoms with Crippen LogP contribution in [0.4, 0.5) is 8.78 Å². The van der Waals surface area contributed by atoms with Gasteiger partial charge in [-0.2, -0.15) is 0 Å². The van der Waals surface area contributed by atoms with E-state index in [1.165, 1.54) is 12.1 Å². The van der Waals surface area contributed by atoms with Gasteiger partial charge < -0.3 is 10.1 Å². The van der Waals surface area contributed by atoms with Crippen LogP contribution in [0.5, 0.6) is 0 Å². The Labute approximate surface area is 114 Å². The number of ether oxygens (including phenoxy) is 1. The minimum atomic E-state index is -0.528. The van der Waals surface area contributed by atoms with Gasteiger partial charge in [0.25, 0.3) is 0 Å². The van der Waals surface area contributed by atoms with Crippen molar-refractivity contribution in [2.24, 2.45) is 5.92 Å². The lowest BCUT2D eigenvalue weighted by molar-refractivity contribution is 0.0391. The second-order valence-corrected chi connectivity index (χ2v) is 5.35. The van der Waals surface area contributed by atoms with E-state index < -0.39 is 11.6 Å². The Morgan fingerprint density at radius 1 is 1.44 bits per heavy atom. The van der Waals surface area contributed by atoms with Gasteiger partial charge in [-0.25, -0.2) is 8.78 Å². The van der Waals surface area contributed by atoms with Crippen LogP contribution in [0.25, 0.3) is 0 Å². The molecule has 0 radical (unpaired) electrons. The van der Waals surface area contributed by atoms with E-state index in [-0.39, 0.29) is 22.0 Å². The van der Waals surface area contributed by atoms with Gasteiger partial charge in [0.05, 0.1) is 11.1 Å². The van der Waals surface area contributed by atoms with Gasteiger partial charge in [-0.05, 0) is 48.0 Å². The molecule has 100 valence electrons. The minimum absolute atomic E-state index is 0.0991. The van der Waals surface area contributed by atoms with Crippen molar-refractivity contribution >= 4 is 15.9 Å². The highest BCUT2D eigenvalue weighted by Gasteiger charge is 2.29. The Hall–Kier alpha value is -0.520. The molecule has 1 fully saturated rings. The standard InChI is InChI=1S/C13H16BrF2NO/c1-17-13(8-3-2-6-18-7-8)11-10(15)5-4-9(14)12(11)16/h4-5,8,13,17H,2-3,6-7H2,1H3. The van der Waals surface area contributed by atoms with Crippen molar-refractivity contribution in [3.8, 4) is 0 Å². The molecule has 2 unspecified atom stereocenters. The molecule has 1 N–H and O–H groups in total. The summed E-state index contributed by atoms with van der Waals surface area (Å²) in [7, 11) is 1.72. The number of benzene rings is 1. The molecule has 1 aliphatic rings. The van der Waals surface area contributed by atoms with Crippen LogP contribution in [-0.2, 0) is 4.74 Å². The molecule has 1 saturated heterocycles. The molecule has 0 amide bonds. The first-order valence-electron chi connectivity index (χ1n) is 6.03. The highest BCUT2D eigenvalue weighted by molar-refractivity contribution is 9.10.